The molecule has 0 saturated carbocycles. The third-order valence-electron chi connectivity index (χ3n) is 5.85. The summed E-state index contributed by atoms with van der Waals surface area (Å²) in [6.45, 7) is 12.1. The number of methoxy groups -OCH3 is 1. The third kappa shape index (κ3) is 5.58. The Hall–Kier alpha value is -3.34. The third-order valence-corrected chi connectivity index (χ3v) is 5.85. The van der Waals surface area contributed by atoms with Gasteiger partial charge in [-0.3, -0.25) is 9.78 Å². The van der Waals surface area contributed by atoms with E-state index in [0.29, 0.717) is 17.1 Å². The first-order valence-electron chi connectivity index (χ1n) is 11.9. The van der Waals surface area contributed by atoms with Gasteiger partial charge in [0, 0.05) is 23.4 Å². The largest absolute Gasteiger partial charge is 0.497 e. The highest BCUT2D eigenvalue weighted by Crippen LogP contribution is 2.34. The Morgan fingerprint density at radius 3 is 2.24 bits per heavy atom. The highest BCUT2D eigenvalue weighted by Gasteiger charge is 2.19. The summed E-state index contributed by atoms with van der Waals surface area (Å²) < 4.78 is 17.7. The summed E-state index contributed by atoms with van der Waals surface area (Å²) in [7, 11) is 1.59. The van der Waals surface area contributed by atoms with Crippen molar-refractivity contribution in [2.45, 2.75) is 67.1 Å². The van der Waals surface area contributed by atoms with Crippen LogP contribution in [-0.4, -0.2) is 24.0 Å². The van der Waals surface area contributed by atoms with E-state index in [9.17, 15) is 4.79 Å². The molecular weight excluding hydrogens is 426 g/mol. The first-order valence-corrected chi connectivity index (χ1v) is 11.9. The van der Waals surface area contributed by atoms with Crippen LogP contribution in [0.25, 0.3) is 11.3 Å². The lowest BCUT2D eigenvalue weighted by atomic mass is 9.94. The summed E-state index contributed by atoms with van der Waals surface area (Å²) in [6, 6.07) is 13.7. The van der Waals surface area contributed by atoms with Gasteiger partial charge in [0.05, 0.1) is 30.0 Å². The van der Waals surface area contributed by atoms with Crippen molar-refractivity contribution >= 4 is 5.78 Å². The fourth-order valence-electron chi connectivity index (χ4n) is 4.09. The summed E-state index contributed by atoms with van der Waals surface area (Å²) in [4.78, 5) is 17.1. The number of carbonyl (C=O) groups excluding carboxylic acids is 1. The van der Waals surface area contributed by atoms with Crippen molar-refractivity contribution in [3.8, 4) is 28.5 Å². The van der Waals surface area contributed by atoms with Crippen LogP contribution in [-0.2, 0) is 19.4 Å². The number of ketones is 1. The number of ether oxygens (including phenoxy) is 3. The van der Waals surface area contributed by atoms with Gasteiger partial charge in [-0.25, -0.2) is 0 Å². The lowest BCUT2D eigenvalue weighted by Crippen LogP contribution is -2.12. The molecule has 1 heterocycles. The van der Waals surface area contributed by atoms with Crippen molar-refractivity contribution in [1.82, 2.24) is 4.98 Å². The van der Waals surface area contributed by atoms with Crippen molar-refractivity contribution < 1.29 is 19.0 Å². The van der Waals surface area contributed by atoms with E-state index < -0.39 is 0 Å². The average molecular weight is 462 g/mol. The molecule has 0 saturated heterocycles. The molecule has 0 spiro atoms. The molecule has 0 bridgehead atoms. The van der Waals surface area contributed by atoms with E-state index in [1.165, 1.54) is 23.6 Å². The minimum absolute atomic E-state index is 0.00920. The summed E-state index contributed by atoms with van der Waals surface area (Å²) in [5, 5.41) is 0. The van der Waals surface area contributed by atoms with Gasteiger partial charge in [0.1, 0.15) is 23.9 Å². The lowest BCUT2D eigenvalue weighted by molar-refractivity contribution is 0.101. The summed E-state index contributed by atoms with van der Waals surface area (Å²) in [5.41, 5.74) is 6.86. The number of Topliss-reactive ketones (excluding diaryl/α,β-unsaturated/α-hetero) is 1. The van der Waals surface area contributed by atoms with E-state index in [0.717, 1.165) is 35.5 Å². The molecule has 1 aromatic heterocycles. The van der Waals surface area contributed by atoms with Crippen molar-refractivity contribution in [2.75, 3.05) is 7.11 Å². The Bertz CT molecular complexity index is 1140. The Balaban J connectivity index is 2.06. The number of pyridine rings is 1. The van der Waals surface area contributed by atoms with Gasteiger partial charge in [-0.2, -0.15) is 0 Å². The molecule has 2 aromatic carbocycles. The Kier molecular flexibility index (Phi) is 8.32. The fourth-order valence-corrected chi connectivity index (χ4v) is 4.09. The molecule has 5 heteroatoms. The number of rotatable bonds is 10. The van der Waals surface area contributed by atoms with Crippen LogP contribution in [0, 0.1) is 6.92 Å². The quantitative estimate of drug-likeness (QED) is 0.312. The number of aromatic nitrogens is 1. The zero-order valence-corrected chi connectivity index (χ0v) is 21.3. The van der Waals surface area contributed by atoms with Crippen molar-refractivity contribution in [1.29, 1.82) is 0 Å². The number of benzene rings is 2. The van der Waals surface area contributed by atoms with E-state index in [-0.39, 0.29) is 18.5 Å². The van der Waals surface area contributed by atoms with Crippen LogP contribution < -0.4 is 14.2 Å². The molecule has 3 aromatic rings. The van der Waals surface area contributed by atoms with Crippen molar-refractivity contribution in [3.05, 3.63) is 70.4 Å². The second-order valence-corrected chi connectivity index (χ2v) is 8.60. The predicted molar refractivity (Wildman–Crippen MR) is 136 cm³/mol. The highest BCUT2D eigenvalue weighted by molar-refractivity contribution is 5.97. The van der Waals surface area contributed by atoms with Gasteiger partial charge in [-0.15, -0.1) is 0 Å². The minimum Gasteiger partial charge on any atom is -0.497 e. The first kappa shape index (κ1) is 25.3. The molecule has 0 aliphatic rings. The van der Waals surface area contributed by atoms with Gasteiger partial charge in [-0.1, -0.05) is 32.0 Å². The maximum Gasteiger partial charge on any atom is 0.163 e. The van der Waals surface area contributed by atoms with Crippen LogP contribution in [0.3, 0.4) is 0 Å². The molecule has 0 unspecified atom stereocenters. The summed E-state index contributed by atoms with van der Waals surface area (Å²) >= 11 is 0. The van der Waals surface area contributed by atoms with Gasteiger partial charge in [0.15, 0.2) is 5.78 Å². The molecule has 0 atom stereocenters. The van der Waals surface area contributed by atoms with Gasteiger partial charge >= 0.3 is 0 Å². The molecule has 34 heavy (non-hydrogen) atoms. The number of nitrogens with zero attached hydrogens (tertiary/aromatic N) is 1. The Labute approximate surface area is 203 Å². The topological polar surface area (TPSA) is 57.7 Å². The SMILES string of the molecule is CCc1cccc(CC)c1-c1cc(OC(C)C)c(COc2cc(OC)ccc2C(C)=O)c(C)n1. The number of hydrogen-bond donors (Lipinski definition) is 0. The molecule has 0 N–H and O–H groups in total. The zero-order chi connectivity index (χ0) is 24.8. The second kappa shape index (κ2) is 11.2. The molecule has 0 radical (unpaired) electrons. The molecule has 0 fully saturated rings. The lowest BCUT2D eigenvalue weighted by Gasteiger charge is -2.20. The number of carbonyl (C=O) groups is 1. The maximum atomic E-state index is 12.1. The molecular formula is C29H35NO4. The van der Waals surface area contributed by atoms with E-state index in [1.807, 2.05) is 26.8 Å². The minimum atomic E-state index is -0.0650. The van der Waals surface area contributed by atoms with Gasteiger partial charge in [-0.05, 0) is 63.8 Å². The molecule has 3 rings (SSSR count). The molecule has 180 valence electrons. The van der Waals surface area contributed by atoms with Crippen LogP contribution >= 0.6 is 0 Å². The smallest absolute Gasteiger partial charge is 0.163 e. The van der Waals surface area contributed by atoms with Crippen LogP contribution in [0.1, 0.15) is 67.4 Å². The number of hydrogen-bond acceptors (Lipinski definition) is 5. The molecule has 0 aliphatic carbocycles. The number of aryl methyl sites for hydroxylation is 3. The van der Waals surface area contributed by atoms with Crippen molar-refractivity contribution in [2.24, 2.45) is 0 Å². The predicted octanol–water partition coefficient (Wildman–Crippen LogP) is 6.76. The Morgan fingerprint density at radius 2 is 1.68 bits per heavy atom. The van der Waals surface area contributed by atoms with Gasteiger partial charge in [0.2, 0.25) is 0 Å². The van der Waals surface area contributed by atoms with Crippen LogP contribution in [0.15, 0.2) is 42.5 Å². The monoisotopic (exact) mass is 461 g/mol. The Morgan fingerprint density at radius 1 is 1.00 bits per heavy atom. The highest BCUT2D eigenvalue weighted by atomic mass is 16.5. The maximum absolute atomic E-state index is 12.1. The zero-order valence-electron chi connectivity index (χ0n) is 21.3. The molecule has 0 amide bonds. The van der Waals surface area contributed by atoms with E-state index >= 15 is 0 Å². The van der Waals surface area contributed by atoms with E-state index in [4.69, 9.17) is 19.2 Å². The standard InChI is InChI=1S/C29H35NO4/c1-8-21-11-10-12-22(9-2)29(21)26-16-28(34-18(3)4)25(19(5)30-26)17-33-27-15-23(32-7)13-14-24(27)20(6)31/h10-16,18H,8-9,17H2,1-7H3. The van der Waals surface area contributed by atoms with Gasteiger partial charge in [0.25, 0.3) is 0 Å². The summed E-state index contributed by atoms with van der Waals surface area (Å²) in [6.07, 6.45) is 1.85. The normalized spacial score (nSPS) is 10.9. The molecule has 5 nitrogen and oxygen atoms in total. The van der Waals surface area contributed by atoms with Crippen LogP contribution in [0.5, 0.6) is 17.2 Å². The fraction of sp³-hybridized carbons (Fsp3) is 0.379. The molecule has 0 aliphatic heterocycles. The second-order valence-electron chi connectivity index (χ2n) is 8.60. The van der Waals surface area contributed by atoms with E-state index in [2.05, 4.69) is 32.0 Å². The van der Waals surface area contributed by atoms with Crippen LogP contribution in [0.2, 0.25) is 0 Å². The van der Waals surface area contributed by atoms with Crippen molar-refractivity contribution in [3.63, 3.8) is 0 Å². The average Bonchev–Trinajstić information content (AvgIpc) is 2.82. The van der Waals surface area contributed by atoms with E-state index in [1.54, 1.807) is 25.3 Å². The first-order chi connectivity index (χ1) is 16.3. The van der Waals surface area contributed by atoms with Gasteiger partial charge < -0.3 is 14.2 Å². The van der Waals surface area contributed by atoms with Crippen LogP contribution in [0.4, 0.5) is 0 Å². The summed E-state index contributed by atoms with van der Waals surface area (Å²) in [5.74, 6) is 1.80.